The molecule has 5 rings (SSSR count). The van der Waals surface area contributed by atoms with E-state index in [1.807, 2.05) is 12.1 Å². The van der Waals surface area contributed by atoms with Gasteiger partial charge in [-0.3, -0.25) is 0 Å². The van der Waals surface area contributed by atoms with E-state index in [0.717, 1.165) is 51.4 Å². The normalized spacial score (nSPS) is 41.7. The molecular weight excluding hydrogens is 302 g/mol. The summed E-state index contributed by atoms with van der Waals surface area (Å²) in [6.45, 7) is 2.35. The molecular formula is C20H29NO3. The summed E-state index contributed by atoms with van der Waals surface area (Å²) in [6, 6.07) is 5.64. The highest BCUT2D eigenvalue weighted by Crippen LogP contribution is 2.57. The lowest BCUT2D eigenvalue weighted by Gasteiger charge is -2.52. The molecule has 1 aromatic carbocycles. The quantitative estimate of drug-likeness (QED) is 0.595. The molecule has 4 aliphatic carbocycles. The molecule has 4 aliphatic rings. The molecule has 4 nitrogen and oxygen atoms in total. The van der Waals surface area contributed by atoms with Crippen molar-refractivity contribution in [3.63, 3.8) is 0 Å². The van der Waals surface area contributed by atoms with Gasteiger partial charge in [0.1, 0.15) is 5.75 Å². The minimum atomic E-state index is -0.778. The lowest BCUT2D eigenvalue weighted by atomic mass is 9.56. The number of hydroxylamine groups is 1. The molecule has 2 bridgehead atoms. The zero-order valence-corrected chi connectivity index (χ0v) is 14.5. The summed E-state index contributed by atoms with van der Waals surface area (Å²) in [4.78, 5) is 0. The third-order valence-corrected chi connectivity index (χ3v) is 7.36. The van der Waals surface area contributed by atoms with Gasteiger partial charge in [0.05, 0.1) is 11.6 Å². The molecule has 1 aromatic rings. The van der Waals surface area contributed by atoms with E-state index in [1.165, 1.54) is 11.1 Å². The Bertz CT molecular complexity index is 633. The van der Waals surface area contributed by atoms with Crippen molar-refractivity contribution in [3.8, 4) is 5.75 Å². The third-order valence-electron chi connectivity index (χ3n) is 7.36. The van der Waals surface area contributed by atoms with Crippen molar-refractivity contribution in [2.75, 3.05) is 0 Å². The maximum atomic E-state index is 11.0. The number of hydrogen-bond donors (Lipinski definition) is 4. The number of aromatic hydroxyl groups is 1. The van der Waals surface area contributed by atoms with E-state index in [0.29, 0.717) is 17.6 Å². The highest BCUT2D eigenvalue weighted by molar-refractivity contribution is 5.39. The van der Waals surface area contributed by atoms with Crippen LogP contribution in [0.25, 0.3) is 0 Å². The van der Waals surface area contributed by atoms with E-state index >= 15 is 0 Å². The van der Waals surface area contributed by atoms with Gasteiger partial charge in [-0.15, -0.1) is 0 Å². The Morgan fingerprint density at radius 3 is 2.79 bits per heavy atom. The zero-order valence-electron chi connectivity index (χ0n) is 14.5. The fourth-order valence-electron chi connectivity index (χ4n) is 5.95. The molecule has 0 radical (unpaired) electrons. The van der Waals surface area contributed by atoms with Gasteiger partial charge in [-0.1, -0.05) is 13.0 Å². The summed E-state index contributed by atoms with van der Waals surface area (Å²) in [7, 11) is 0. The van der Waals surface area contributed by atoms with Gasteiger partial charge >= 0.3 is 0 Å². The standard InChI is InChI=1S/C20H29NO3/c1-19-9-10-20(23,18(12-19)21-24)8-2-3-16-15-6-5-14(22)11-13(15)4-7-17(16)19/h5-6,11,16-18,21-24H,2-4,7-10,12H2,1H3/t16?,17?,18?,19-,20+/m1/s1. The largest absolute Gasteiger partial charge is 0.508 e. The van der Waals surface area contributed by atoms with Crippen LogP contribution in [0.1, 0.15) is 68.9 Å². The third kappa shape index (κ3) is 2.47. The van der Waals surface area contributed by atoms with Crippen LogP contribution < -0.4 is 5.48 Å². The average molecular weight is 331 g/mol. The highest BCUT2D eigenvalue weighted by Gasteiger charge is 2.52. The molecule has 4 N–H and O–H groups in total. The Kier molecular flexibility index (Phi) is 3.90. The number of hydrogen-bond acceptors (Lipinski definition) is 4. The van der Waals surface area contributed by atoms with Gasteiger partial charge in [0.15, 0.2) is 0 Å². The maximum Gasteiger partial charge on any atom is 0.115 e. The first-order chi connectivity index (χ1) is 11.5. The highest BCUT2D eigenvalue weighted by atomic mass is 16.5. The smallest absolute Gasteiger partial charge is 0.115 e. The number of benzene rings is 1. The summed E-state index contributed by atoms with van der Waals surface area (Å²) in [5.41, 5.74) is 4.49. The molecule has 0 spiro atoms. The van der Waals surface area contributed by atoms with Crippen LogP contribution in [0.15, 0.2) is 18.2 Å². The second-order valence-corrected chi connectivity index (χ2v) is 8.67. The number of phenolic OH excluding ortho intramolecular Hbond substituents is 1. The fourth-order valence-corrected chi connectivity index (χ4v) is 5.95. The molecule has 0 aliphatic heterocycles. The Hall–Kier alpha value is -1.10. The summed E-state index contributed by atoms with van der Waals surface area (Å²) in [5, 5.41) is 30.5. The van der Waals surface area contributed by atoms with E-state index in [2.05, 4.69) is 18.5 Å². The van der Waals surface area contributed by atoms with Crippen molar-refractivity contribution in [1.29, 1.82) is 0 Å². The van der Waals surface area contributed by atoms with E-state index < -0.39 is 5.60 Å². The van der Waals surface area contributed by atoms with Crippen molar-refractivity contribution < 1.29 is 15.4 Å². The van der Waals surface area contributed by atoms with Crippen LogP contribution in [-0.4, -0.2) is 27.1 Å². The van der Waals surface area contributed by atoms with Gasteiger partial charge in [-0.25, -0.2) is 0 Å². The Labute approximate surface area is 143 Å². The van der Waals surface area contributed by atoms with Crippen molar-refractivity contribution >= 4 is 0 Å². The predicted octanol–water partition coefficient (Wildman–Crippen LogP) is 3.49. The number of nitrogens with one attached hydrogen (secondary N) is 1. The lowest BCUT2D eigenvalue weighted by Crippen LogP contribution is -2.56. The molecule has 0 saturated heterocycles. The molecule has 0 amide bonds. The van der Waals surface area contributed by atoms with E-state index in [1.54, 1.807) is 0 Å². The summed E-state index contributed by atoms with van der Waals surface area (Å²) in [5.74, 6) is 1.44. The lowest BCUT2D eigenvalue weighted by molar-refractivity contribution is -0.108. The number of phenols is 1. The van der Waals surface area contributed by atoms with Crippen molar-refractivity contribution in [1.82, 2.24) is 5.48 Å². The van der Waals surface area contributed by atoms with Crippen LogP contribution in [0, 0.1) is 11.3 Å². The molecule has 5 atom stereocenters. The van der Waals surface area contributed by atoms with E-state index in [-0.39, 0.29) is 11.5 Å². The van der Waals surface area contributed by atoms with Crippen molar-refractivity contribution in [2.45, 2.75) is 75.9 Å². The Morgan fingerprint density at radius 2 is 2.00 bits per heavy atom. The number of aliphatic hydroxyl groups is 1. The van der Waals surface area contributed by atoms with Crippen molar-refractivity contribution in [3.05, 3.63) is 29.3 Å². The van der Waals surface area contributed by atoms with Gasteiger partial charge in [-0.05, 0) is 91.9 Å². The SMILES string of the molecule is C[C@]12CC[C@@](O)(CCCC3c4ccc(O)cc4CCC31)C(NO)C2. The molecule has 132 valence electrons. The van der Waals surface area contributed by atoms with Crippen LogP contribution in [-0.2, 0) is 6.42 Å². The van der Waals surface area contributed by atoms with E-state index in [9.17, 15) is 15.4 Å². The summed E-state index contributed by atoms with van der Waals surface area (Å²) < 4.78 is 0. The molecule has 4 heteroatoms. The Balaban J connectivity index is 1.74. The summed E-state index contributed by atoms with van der Waals surface area (Å²) in [6.07, 6.45) is 7.58. The summed E-state index contributed by atoms with van der Waals surface area (Å²) >= 11 is 0. The van der Waals surface area contributed by atoms with Crippen LogP contribution in [0.3, 0.4) is 0 Å². The van der Waals surface area contributed by atoms with Crippen LogP contribution >= 0.6 is 0 Å². The molecule has 3 unspecified atom stereocenters. The maximum absolute atomic E-state index is 11.0. The van der Waals surface area contributed by atoms with Crippen LogP contribution in [0.5, 0.6) is 5.75 Å². The van der Waals surface area contributed by atoms with Crippen molar-refractivity contribution in [2.24, 2.45) is 11.3 Å². The first-order valence-electron chi connectivity index (χ1n) is 9.39. The number of fused-ring (bicyclic) bond motifs is 5. The van der Waals surface area contributed by atoms with Crippen LogP contribution in [0.2, 0.25) is 0 Å². The first-order valence-corrected chi connectivity index (χ1v) is 9.39. The number of aryl methyl sites for hydroxylation is 1. The van der Waals surface area contributed by atoms with Gasteiger partial charge in [0.25, 0.3) is 0 Å². The topological polar surface area (TPSA) is 72.7 Å². The first kappa shape index (κ1) is 16.4. The van der Waals surface area contributed by atoms with Gasteiger partial charge in [0.2, 0.25) is 0 Å². The predicted molar refractivity (Wildman–Crippen MR) is 92.1 cm³/mol. The molecule has 0 heterocycles. The monoisotopic (exact) mass is 331 g/mol. The minimum absolute atomic E-state index is 0.136. The molecule has 0 aromatic heterocycles. The second-order valence-electron chi connectivity index (χ2n) is 8.67. The molecule has 3 saturated carbocycles. The molecule has 24 heavy (non-hydrogen) atoms. The Morgan fingerprint density at radius 1 is 1.17 bits per heavy atom. The van der Waals surface area contributed by atoms with Crippen LogP contribution in [0.4, 0.5) is 0 Å². The van der Waals surface area contributed by atoms with Gasteiger partial charge in [-0.2, -0.15) is 5.48 Å². The van der Waals surface area contributed by atoms with Gasteiger partial charge in [0, 0.05) is 0 Å². The molecule has 3 fully saturated rings. The minimum Gasteiger partial charge on any atom is -0.508 e. The fraction of sp³-hybridized carbons (Fsp3) is 0.700. The second kappa shape index (κ2) is 5.72. The average Bonchev–Trinajstić information content (AvgIpc) is 2.64. The number of rotatable bonds is 1. The van der Waals surface area contributed by atoms with E-state index in [4.69, 9.17) is 0 Å². The van der Waals surface area contributed by atoms with Gasteiger partial charge < -0.3 is 15.4 Å². The zero-order chi connectivity index (χ0) is 16.9.